The molecule has 2 aliphatic heterocycles. The third-order valence-corrected chi connectivity index (χ3v) is 4.62. The van der Waals surface area contributed by atoms with Crippen LogP contribution in [0.5, 0.6) is 0 Å². The maximum atomic E-state index is 5.40. The number of nitrogens with one attached hydrogen (secondary N) is 1. The summed E-state index contributed by atoms with van der Waals surface area (Å²) in [4.78, 5) is 9.63. The van der Waals surface area contributed by atoms with Gasteiger partial charge in [-0.15, -0.1) is 0 Å². The van der Waals surface area contributed by atoms with Gasteiger partial charge in [-0.2, -0.15) is 0 Å². The quantitative estimate of drug-likeness (QED) is 0.354. The van der Waals surface area contributed by atoms with Crippen molar-refractivity contribution >= 4 is 5.96 Å². The van der Waals surface area contributed by atoms with Gasteiger partial charge in [-0.25, -0.2) is 0 Å². The molecule has 6 nitrogen and oxygen atoms in total. The molecule has 1 N–H and O–H groups in total. The number of likely N-dealkylation sites (tertiary alicyclic amines) is 1. The monoisotopic (exact) mass is 332 g/mol. The van der Waals surface area contributed by atoms with Gasteiger partial charge in [-0.1, -0.05) is 12.2 Å². The molecule has 0 spiro atoms. The van der Waals surface area contributed by atoms with E-state index in [-0.39, 0.29) is 0 Å². The minimum absolute atomic E-state index is 0.625. The fourth-order valence-electron chi connectivity index (χ4n) is 3.29. The van der Waals surface area contributed by atoms with E-state index in [0.717, 1.165) is 50.9 Å². The van der Waals surface area contributed by atoms with Crippen molar-refractivity contribution in [1.29, 1.82) is 0 Å². The number of guanidine groups is 1. The molecule has 1 aromatic rings. The molecule has 24 heavy (non-hydrogen) atoms. The lowest BCUT2D eigenvalue weighted by molar-refractivity contribution is 0.207. The van der Waals surface area contributed by atoms with Gasteiger partial charge in [-0.3, -0.25) is 9.89 Å². The van der Waals surface area contributed by atoms with Crippen LogP contribution in [0.3, 0.4) is 0 Å². The number of furan rings is 1. The van der Waals surface area contributed by atoms with Crippen molar-refractivity contribution in [2.75, 3.05) is 53.0 Å². The van der Waals surface area contributed by atoms with E-state index in [9.17, 15) is 0 Å². The number of hydrogen-bond donors (Lipinski definition) is 1. The molecule has 3 heterocycles. The van der Waals surface area contributed by atoms with Crippen molar-refractivity contribution in [3.8, 4) is 0 Å². The van der Waals surface area contributed by atoms with E-state index in [0.29, 0.717) is 19.2 Å². The summed E-state index contributed by atoms with van der Waals surface area (Å²) in [5, 5.41) is 3.50. The lowest BCUT2D eigenvalue weighted by Gasteiger charge is -2.25. The largest absolute Gasteiger partial charge is 0.469 e. The third kappa shape index (κ3) is 4.61. The number of nitrogens with zero attached hydrogens (tertiary/aromatic N) is 3. The topological polar surface area (TPSA) is 53.2 Å². The maximum Gasteiger partial charge on any atom is 0.194 e. The zero-order chi connectivity index (χ0) is 16.6. The highest BCUT2D eigenvalue weighted by molar-refractivity contribution is 5.80. The van der Waals surface area contributed by atoms with Gasteiger partial charge in [0.15, 0.2) is 5.96 Å². The van der Waals surface area contributed by atoms with E-state index in [2.05, 4.69) is 27.3 Å². The minimum Gasteiger partial charge on any atom is -0.469 e. The van der Waals surface area contributed by atoms with Crippen LogP contribution in [0.15, 0.2) is 40.0 Å². The predicted molar refractivity (Wildman–Crippen MR) is 95.3 cm³/mol. The van der Waals surface area contributed by atoms with E-state index in [1.165, 1.54) is 6.42 Å². The average Bonchev–Trinajstić information content (AvgIpc) is 3.33. The summed E-state index contributed by atoms with van der Waals surface area (Å²) in [5.74, 6) is 1.99. The molecule has 0 aromatic carbocycles. The van der Waals surface area contributed by atoms with Gasteiger partial charge in [0.25, 0.3) is 0 Å². The standard InChI is InChI=1S/C18H28N4O2/c1-23-14-9-20-18(19-8-6-17-5-4-13-24-17)22-12-7-16(15-22)21-10-2-3-11-21/h2-5,13,16H,6-12,14-15H2,1H3,(H,19,20). The maximum absolute atomic E-state index is 5.40. The Labute approximate surface area is 144 Å². The van der Waals surface area contributed by atoms with Crippen LogP contribution in [0, 0.1) is 0 Å². The van der Waals surface area contributed by atoms with Gasteiger partial charge in [0, 0.05) is 52.3 Å². The van der Waals surface area contributed by atoms with E-state index in [1.807, 2.05) is 12.1 Å². The second kappa shape index (κ2) is 8.89. The Balaban J connectivity index is 1.52. The summed E-state index contributed by atoms with van der Waals surface area (Å²) in [7, 11) is 1.71. The Morgan fingerprint density at radius 1 is 1.42 bits per heavy atom. The molecule has 0 amide bonds. The molecule has 0 bridgehead atoms. The molecule has 1 atom stereocenters. The fraction of sp³-hybridized carbons (Fsp3) is 0.611. The minimum atomic E-state index is 0.625. The third-order valence-electron chi connectivity index (χ3n) is 4.62. The lowest BCUT2D eigenvalue weighted by Crippen LogP contribution is -2.43. The van der Waals surface area contributed by atoms with Gasteiger partial charge in [-0.05, 0) is 18.6 Å². The number of rotatable bonds is 7. The van der Waals surface area contributed by atoms with Gasteiger partial charge < -0.3 is 19.4 Å². The van der Waals surface area contributed by atoms with Crippen LogP contribution in [0.25, 0.3) is 0 Å². The van der Waals surface area contributed by atoms with Crippen LogP contribution in [0.1, 0.15) is 12.2 Å². The molecule has 3 rings (SSSR count). The smallest absolute Gasteiger partial charge is 0.194 e. The summed E-state index contributed by atoms with van der Waals surface area (Å²) >= 11 is 0. The van der Waals surface area contributed by atoms with E-state index in [4.69, 9.17) is 14.1 Å². The van der Waals surface area contributed by atoms with Crippen molar-refractivity contribution in [2.24, 2.45) is 4.99 Å². The number of ether oxygens (including phenoxy) is 1. The van der Waals surface area contributed by atoms with Crippen molar-refractivity contribution < 1.29 is 9.15 Å². The Bertz CT molecular complexity index is 533. The van der Waals surface area contributed by atoms with E-state index >= 15 is 0 Å². The van der Waals surface area contributed by atoms with Gasteiger partial charge in [0.2, 0.25) is 0 Å². The Morgan fingerprint density at radius 3 is 3.04 bits per heavy atom. The predicted octanol–water partition coefficient (Wildman–Crippen LogP) is 1.36. The number of methoxy groups -OCH3 is 1. The summed E-state index contributed by atoms with van der Waals surface area (Å²) in [6.45, 7) is 6.43. The van der Waals surface area contributed by atoms with Gasteiger partial charge in [0.1, 0.15) is 5.76 Å². The first-order valence-electron chi connectivity index (χ1n) is 8.80. The van der Waals surface area contributed by atoms with Gasteiger partial charge >= 0.3 is 0 Å². The Hall–Kier alpha value is -1.79. The second-order valence-corrected chi connectivity index (χ2v) is 6.27. The fourth-order valence-corrected chi connectivity index (χ4v) is 3.29. The summed E-state index contributed by atoms with van der Waals surface area (Å²) in [6, 6.07) is 4.56. The summed E-state index contributed by atoms with van der Waals surface area (Å²) in [5.41, 5.74) is 0. The number of hydrogen-bond acceptors (Lipinski definition) is 4. The van der Waals surface area contributed by atoms with Crippen molar-refractivity contribution in [3.05, 3.63) is 36.3 Å². The zero-order valence-electron chi connectivity index (χ0n) is 14.5. The van der Waals surface area contributed by atoms with E-state index < -0.39 is 0 Å². The highest BCUT2D eigenvalue weighted by Crippen LogP contribution is 2.18. The molecule has 6 heteroatoms. The first-order chi connectivity index (χ1) is 11.9. The lowest BCUT2D eigenvalue weighted by atomic mass is 10.2. The van der Waals surface area contributed by atoms with Crippen LogP contribution in [-0.2, 0) is 11.2 Å². The molecular formula is C18H28N4O2. The molecule has 1 unspecified atom stereocenters. The summed E-state index contributed by atoms with van der Waals surface area (Å²) in [6.07, 6.45) is 8.31. The van der Waals surface area contributed by atoms with Crippen LogP contribution in [-0.4, -0.2) is 74.8 Å². The molecule has 1 fully saturated rings. The number of aliphatic imine (C=N–C) groups is 1. The molecule has 0 aliphatic carbocycles. The Morgan fingerprint density at radius 2 is 2.29 bits per heavy atom. The molecule has 132 valence electrons. The van der Waals surface area contributed by atoms with Crippen LogP contribution >= 0.6 is 0 Å². The molecule has 2 aliphatic rings. The summed E-state index contributed by atoms with van der Waals surface area (Å²) < 4.78 is 10.5. The van der Waals surface area contributed by atoms with Crippen molar-refractivity contribution in [1.82, 2.24) is 15.1 Å². The van der Waals surface area contributed by atoms with Crippen molar-refractivity contribution in [2.45, 2.75) is 18.9 Å². The van der Waals surface area contributed by atoms with Crippen LogP contribution in [0.2, 0.25) is 0 Å². The molecule has 1 aromatic heterocycles. The molecule has 0 radical (unpaired) electrons. The van der Waals surface area contributed by atoms with Crippen molar-refractivity contribution in [3.63, 3.8) is 0 Å². The highest BCUT2D eigenvalue weighted by Gasteiger charge is 2.29. The van der Waals surface area contributed by atoms with Crippen LogP contribution < -0.4 is 5.32 Å². The molecule has 0 saturated carbocycles. The molecular weight excluding hydrogens is 304 g/mol. The SMILES string of the molecule is COCCN=C(NCCc1ccco1)N1CCC(N2CC=CC2)C1. The van der Waals surface area contributed by atoms with Gasteiger partial charge in [0.05, 0.1) is 19.4 Å². The highest BCUT2D eigenvalue weighted by atomic mass is 16.5. The normalized spacial score (nSPS) is 21.8. The average molecular weight is 332 g/mol. The first kappa shape index (κ1) is 17.0. The van der Waals surface area contributed by atoms with E-state index in [1.54, 1.807) is 13.4 Å². The first-order valence-corrected chi connectivity index (χ1v) is 8.80. The zero-order valence-corrected chi connectivity index (χ0v) is 14.5. The second-order valence-electron chi connectivity index (χ2n) is 6.27. The van der Waals surface area contributed by atoms with Crippen LogP contribution in [0.4, 0.5) is 0 Å². The Kier molecular flexibility index (Phi) is 6.32. The molecule has 1 saturated heterocycles.